The first-order chi connectivity index (χ1) is 16.2. The van der Waals surface area contributed by atoms with Crippen molar-refractivity contribution in [1.82, 2.24) is 16.0 Å². The highest BCUT2D eigenvalue weighted by Gasteiger charge is 2.29. The molecule has 4 atom stereocenters. The number of carbonyl (C=O) groups excluding carboxylic acids is 3. The maximum absolute atomic E-state index is 13.0. The quantitative estimate of drug-likeness (QED) is 0.174. The van der Waals surface area contributed by atoms with Crippen LogP contribution in [0.4, 0.5) is 0 Å². The first kappa shape index (κ1) is 29.4. The van der Waals surface area contributed by atoms with Crippen LogP contribution in [0.25, 0.3) is 0 Å². The summed E-state index contributed by atoms with van der Waals surface area (Å²) in [7, 11) is 0. The molecule has 0 spiro atoms. The average Bonchev–Trinajstić information content (AvgIpc) is 2.81. The van der Waals surface area contributed by atoms with Gasteiger partial charge in [-0.25, -0.2) is 0 Å². The molecule has 0 saturated heterocycles. The Balaban J connectivity index is 2.86. The third-order valence-corrected chi connectivity index (χ3v) is 5.83. The van der Waals surface area contributed by atoms with Crippen LogP contribution in [0.15, 0.2) is 30.3 Å². The fourth-order valence-corrected chi connectivity index (χ4v) is 3.63. The van der Waals surface area contributed by atoms with Crippen LogP contribution >= 0.6 is 11.8 Å². The highest BCUT2D eigenvalue weighted by atomic mass is 32.2. The second-order valence-electron chi connectivity index (χ2n) is 8.05. The maximum Gasteiger partial charge on any atom is 0.325 e. The second kappa shape index (κ2) is 16.1. The molecule has 0 radical (unpaired) electrons. The van der Waals surface area contributed by atoms with E-state index in [1.807, 2.05) is 36.6 Å². The van der Waals surface area contributed by atoms with Crippen LogP contribution in [-0.2, 0) is 25.6 Å². The number of nitrogens with two attached hydrogens (primary N) is 2. The molecule has 0 saturated carbocycles. The number of hydrogen-bond acceptors (Lipinski definition) is 7. The van der Waals surface area contributed by atoms with Crippen molar-refractivity contribution >= 4 is 35.5 Å². The fourth-order valence-electron chi connectivity index (χ4n) is 3.15. The molecule has 11 heteroatoms. The van der Waals surface area contributed by atoms with Gasteiger partial charge in [0.05, 0.1) is 6.04 Å². The van der Waals surface area contributed by atoms with Crippen LogP contribution in [0, 0.1) is 0 Å². The number of nitrogens with one attached hydrogen (secondary N) is 3. The number of rotatable bonds is 16. The zero-order valence-electron chi connectivity index (χ0n) is 19.8. The lowest BCUT2D eigenvalue weighted by Gasteiger charge is -2.25. The summed E-state index contributed by atoms with van der Waals surface area (Å²) in [4.78, 5) is 49.5. The van der Waals surface area contributed by atoms with Crippen LogP contribution in [0.3, 0.4) is 0 Å². The molecule has 0 aliphatic carbocycles. The predicted octanol–water partition coefficient (Wildman–Crippen LogP) is -0.00260. The third kappa shape index (κ3) is 11.0. The molecule has 0 aliphatic heterocycles. The number of carboxylic acid groups (broad SMARTS) is 1. The van der Waals surface area contributed by atoms with E-state index < -0.39 is 47.9 Å². The van der Waals surface area contributed by atoms with Crippen LogP contribution in [0.1, 0.15) is 38.2 Å². The van der Waals surface area contributed by atoms with Crippen molar-refractivity contribution in [3.8, 4) is 0 Å². The van der Waals surface area contributed by atoms with E-state index in [0.717, 1.165) is 5.56 Å². The summed E-state index contributed by atoms with van der Waals surface area (Å²) >= 11 is 1.52. The molecule has 0 aliphatic rings. The van der Waals surface area contributed by atoms with Gasteiger partial charge in [0.25, 0.3) is 0 Å². The van der Waals surface area contributed by atoms with E-state index in [1.54, 1.807) is 0 Å². The topological polar surface area (TPSA) is 177 Å². The lowest BCUT2D eigenvalue weighted by molar-refractivity contribution is -0.141. The molecule has 4 unspecified atom stereocenters. The number of unbranched alkanes of at least 4 members (excludes halogenated alkanes) is 1. The van der Waals surface area contributed by atoms with Gasteiger partial charge in [-0.05, 0) is 63.1 Å². The zero-order chi connectivity index (χ0) is 25.5. The monoisotopic (exact) mass is 495 g/mol. The van der Waals surface area contributed by atoms with Crippen molar-refractivity contribution in [2.24, 2.45) is 11.5 Å². The highest BCUT2D eigenvalue weighted by molar-refractivity contribution is 7.98. The minimum atomic E-state index is -1.18. The van der Waals surface area contributed by atoms with Gasteiger partial charge in [0, 0.05) is 0 Å². The SMILES string of the molecule is CSCCC(NC(=O)C(N)Cc1ccccc1)C(=O)NC(CCCCN)C(=O)NC(C)C(=O)O. The molecule has 34 heavy (non-hydrogen) atoms. The Morgan fingerprint density at radius 3 is 2.12 bits per heavy atom. The van der Waals surface area contributed by atoms with E-state index >= 15 is 0 Å². The molecule has 8 N–H and O–H groups in total. The molecule has 0 heterocycles. The van der Waals surface area contributed by atoms with Crippen molar-refractivity contribution in [2.75, 3.05) is 18.6 Å². The Morgan fingerprint density at radius 1 is 0.941 bits per heavy atom. The molecule has 190 valence electrons. The summed E-state index contributed by atoms with van der Waals surface area (Å²) in [6, 6.07) is 5.54. The first-order valence-corrected chi connectivity index (χ1v) is 12.7. The number of thioether (sulfide) groups is 1. The van der Waals surface area contributed by atoms with Crippen LogP contribution in [-0.4, -0.2) is 71.5 Å². The van der Waals surface area contributed by atoms with Crippen molar-refractivity contribution < 1.29 is 24.3 Å². The van der Waals surface area contributed by atoms with E-state index in [0.29, 0.717) is 38.0 Å². The molecule has 1 aromatic rings. The number of benzene rings is 1. The normalized spacial score (nSPS) is 14.4. The summed E-state index contributed by atoms with van der Waals surface area (Å²) < 4.78 is 0. The molecule has 1 rings (SSSR count). The van der Waals surface area contributed by atoms with Gasteiger partial charge in [0.15, 0.2) is 0 Å². The summed E-state index contributed by atoms with van der Waals surface area (Å²) in [6.07, 6.45) is 4.06. The average molecular weight is 496 g/mol. The second-order valence-corrected chi connectivity index (χ2v) is 9.04. The number of amides is 3. The van der Waals surface area contributed by atoms with Crippen LogP contribution in [0.5, 0.6) is 0 Å². The van der Waals surface area contributed by atoms with E-state index in [1.165, 1.54) is 18.7 Å². The van der Waals surface area contributed by atoms with Crippen LogP contribution in [0.2, 0.25) is 0 Å². The maximum atomic E-state index is 13.0. The Labute approximate surface area is 205 Å². The van der Waals surface area contributed by atoms with Gasteiger partial charge in [-0.1, -0.05) is 30.3 Å². The molecule has 0 fully saturated rings. The first-order valence-electron chi connectivity index (χ1n) is 11.3. The van der Waals surface area contributed by atoms with Crippen molar-refractivity contribution in [1.29, 1.82) is 0 Å². The van der Waals surface area contributed by atoms with E-state index in [-0.39, 0.29) is 6.42 Å². The number of hydrogen-bond donors (Lipinski definition) is 6. The zero-order valence-corrected chi connectivity index (χ0v) is 20.6. The summed E-state index contributed by atoms with van der Waals surface area (Å²) in [5.74, 6) is -2.17. The van der Waals surface area contributed by atoms with E-state index in [9.17, 15) is 19.2 Å². The van der Waals surface area contributed by atoms with Gasteiger partial charge in [-0.15, -0.1) is 0 Å². The smallest absolute Gasteiger partial charge is 0.325 e. The molecular formula is C23H37N5O5S. The van der Waals surface area contributed by atoms with Crippen molar-refractivity contribution in [3.05, 3.63) is 35.9 Å². The largest absolute Gasteiger partial charge is 0.480 e. The van der Waals surface area contributed by atoms with Gasteiger partial charge >= 0.3 is 5.97 Å². The molecule has 1 aromatic carbocycles. The molecule has 10 nitrogen and oxygen atoms in total. The van der Waals surface area contributed by atoms with Gasteiger partial charge < -0.3 is 32.5 Å². The van der Waals surface area contributed by atoms with Gasteiger partial charge in [0.1, 0.15) is 18.1 Å². The van der Waals surface area contributed by atoms with Gasteiger partial charge in [-0.3, -0.25) is 19.2 Å². The lowest BCUT2D eigenvalue weighted by atomic mass is 10.0. The molecule has 0 bridgehead atoms. The number of aliphatic carboxylic acids is 1. The number of carbonyl (C=O) groups is 4. The summed E-state index contributed by atoms with van der Waals surface area (Å²) in [5, 5.41) is 16.8. The summed E-state index contributed by atoms with van der Waals surface area (Å²) in [6.45, 7) is 1.77. The van der Waals surface area contributed by atoms with Crippen molar-refractivity contribution in [2.45, 2.75) is 63.2 Å². The minimum Gasteiger partial charge on any atom is -0.480 e. The summed E-state index contributed by atoms with van der Waals surface area (Å²) in [5.41, 5.74) is 12.5. The van der Waals surface area contributed by atoms with Gasteiger partial charge in [0.2, 0.25) is 17.7 Å². The predicted molar refractivity (Wildman–Crippen MR) is 133 cm³/mol. The lowest BCUT2D eigenvalue weighted by Crippen LogP contribution is -2.57. The molecular weight excluding hydrogens is 458 g/mol. The fraction of sp³-hybridized carbons (Fsp3) is 0.565. The minimum absolute atomic E-state index is 0.290. The Bertz CT molecular complexity index is 795. The van der Waals surface area contributed by atoms with E-state index in [4.69, 9.17) is 16.6 Å². The number of carboxylic acids is 1. The Kier molecular flexibility index (Phi) is 13.9. The third-order valence-electron chi connectivity index (χ3n) is 5.19. The standard InChI is InChI=1S/C23H37N5O5S/c1-15(23(32)33)26-21(30)18(10-6-7-12-24)28-22(31)19(11-13-34-2)27-20(29)17(25)14-16-8-4-3-5-9-16/h3-5,8-9,15,17-19H,6-7,10-14,24-25H2,1-2H3,(H,26,30)(H,27,29)(H,28,31)(H,32,33). The van der Waals surface area contributed by atoms with Crippen LogP contribution < -0.4 is 27.4 Å². The molecule has 0 aromatic heterocycles. The van der Waals surface area contributed by atoms with Crippen molar-refractivity contribution in [3.63, 3.8) is 0 Å². The Morgan fingerprint density at radius 2 is 1.53 bits per heavy atom. The molecule has 3 amide bonds. The highest BCUT2D eigenvalue weighted by Crippen LogP contribution is 2.07. The Hall–Kier alpha value is -2.63. The van der Waals surface area contributed by atoms with E-state index in [2.05, 4.69) is 16.0 Å². The van der Waals surface area contributed by atoms with Gasteiger partial charge in [-0.2, -0.15) is 11.8 Å².